The molecule has 2 N–H and O–H groups in total. The number of rotatable bonds is 8. The van der Waals surface area contributed by atoms with Gasteiger partial charge in [0.1, 0.15) is 11.5 Å². The van der Waals surface area contributed by atoms with E-state index in [9.17, 15) is 0 Å². The highest BCUT2D eigenvalue weighted by Crippen LogP contribution is 2.16. The summed E-state index contributed by atoms with van der Waals surface area (Å²) in [4.78, 5) is 4.71. The summed E-state index contributed by atoms with van der Waals surface area (Å²) in [5.74, 6) is 2.58. The first-order valence-corrected chi connectivity index (χ1v) is 9.05. The summed E-state index contributed by atoms with van der Waals surface area (Å²) in [7, 11) is 1.69. The van der Waals surface area contributed by atoms with Crippen LogP contribution in [0.1, 0.15) is 16.9 Å². The van der Waals surface area contributed by atoms with Crippen LogP contribution in [0.2, 0.25) is 0 Å². The molecule has 0 saturated carbocycles. The molecule has 5 heteroatoms. The second-order valence-electron chi connectivity index (χ2n) is 6.07. The monoisotopic (exact) mass is 363 g/mol. The Hall–Kier alpha value is -3.21. The zero-order valence-electron chi connectivity index (χ0n) is 15.5. The fourth-order valence-corrected chi connectivity index (χ4v) is 2.71. The molecule has 0 bridgehead atoms. The maximum absolute atomic E-state index is 5.42. The van der Waals surface area contributed by atoms with Crippen LogP contribution in [0, 0.1) is 0 Å². The second kappa shape index (κ2) is 10.1. The van der Waals surface area contributed by atoms with E-state index < -0.39 is 0 Å². The van der Waals surface area contributed by atoms with Gasteiger partial charge in [0.15, 0.2) is 5.96 Å². The Morgan fingerprint density at radius 3 is 2.56 bits per heavy atom. The number of ether oxygens (including phenoxy) is 1. The minimum atomic E-state index is 0.614. The zero-order chi connectivity index (χ0) is 18.7. The number of benzene rings is 2. The summed E-state index contributed by atoms with van der Waals surface area (Å²) < 4.78 is 10.8. The highest BCUT2D eigenvalue weighted by Gasteiger charge is 2.04. The van der Waals surface area contributed by atoms with E-state index in [0.29, 0.717) is 13.1 Å². The molecular weight excluding hydrogens is 338 g/mol. The molecule has 3 aromatic rings. The van der Waals surface area contributed by atoms with E-state index in [2.05, 4.69) is 22.8 Å². The Morgan fingerprint density at radius 1 is 0.963 bits per heavy atom. The molecule has 2 aromatic carbocycles. The second-order valence-corrected chi connectivity index (χ2v) is 6.07. The Morgan fingerprint density at radius 2 is 1.78 bits per heavy atom. The molecule has 1 aromatic heterocycles. The molecule has 140 valence electrons. The molecule has 5 nitrogen and oxygen atoms in total. The predicted molar refractivity (Wildman–Crippen MR) is 108 cm³/mol. The van der Waals surface area contributed by atoms with Crippen molar-refractivity contribution < 1.29 is 9.15 Å². The normalized spacial score (nSPS) is 11.2. The van der Waals surface area contributed by atoms with Crippen molar-refractivity contribution in [1.82, 2.24) is 10.6 Å². The van der Waals surface area contributed by atoms with E-state index in [1.165, 1.54) is 5.56 Å². The van der Waals surface area contributed by atoms with Gasteiger partial charge in [0.05, 0.1) is 19.9 Å². The molecule has 0 saturated heterocycles. The molecule has 0 spiro atoms. The highest BCUT2D eigenvalue weighted by atomic mass is 16.5. The summed E-state index contributed by atoms with van der Waals surface area (Å²) in [6.07, 6.45) is 2.49. The zero-order valence-corrected chi connectivity index (χ0v) is 15.5. The summed E-state index contributed by atoms with van der Waals surface area (Å²) >= 11 is 0. The fraction of sp³-hybridized carbons (Fsp3) is 0.227. The van der Waals surface area contributed by atoms with Crippen LogP contribution in [-0.4, -0.2) is 19.6 Å². The minimum absolute atomic E-state index is 0.614. The van der Waals surface area contributed by atoms with Crippen molar-refractivity contribution in [2.45, 2.75) is 19.5 Å². The average molecular weight is 363 g/mol. The van der Waals surface area contributed by atoms with E-state index in [4.69, 9.17) is 14.1 Å². The van der Waals surface area contributed by atoms with E-state index >= 15 is 0 Å². The molecule has 0 amide bonds. The Bertz CT molecular complexity index is 830. The number of nitrogens with one attached hydrogen (secondary N) is 2. The molecule has 0 fully saturated rings. The van der Waals surface area contributed by atoms with Gasteiger partial charge in [-0.1, -0.05) is 48.5 Å². The molecule has 0 aliphatic carbocycles. The van der Waals surface area contributed by atoms with Crippen LogP contribution in [-0.2, 0) is 19.5 Å². The lowest BCUT2D eigenvalue weighted by atomic mass is 10.2. The molecule has 27 heavy (non-hydrogen) atoms. The van der Waals surface area contributed by atoms with E-state index in [1.54, 1.807) is 13.4 Å². The first-order valence-electron chi connectivity index (χ1n) is 9.05. The van der Waals surface area contributed by atoms with Crippen LogP contribution >= 0.6 is 0 Å². The fourth-order valence-electron chi connectivity index (χ4n) is 2.71. The van der Waals surface area contributed by atoms with Crippen LogP contribution < -0.4 is 15.4 Å². The van der Waals surface area contributed by atoms with Crippen molar-refractivity contribution >= 4 is 5.96 Å². The van der Waals surface area contributed by atoms with Crippen molar-refractivity contribution in [2.75, 3.05) is 13.7 Å². The van der Waals surface area contributed by atoms with Gasteiger partial charge >= 0.3 is 0 Å². The number of hydrogen-bond acceptors (Lipinski definition) is 3. The molecule has 0 atom stereocenters. The quantitative estimate of drug-likeness (QED) is 0.472. The number of para-hydroxylation sites is 1. The summed E-state index contributed by atoms with van der Waals surface area (Å²) in [6.45, 7) is 1.98. The molecular formula is C22H25N3O2. The largest absolute Gasteiger partial charge is 0.496 e. The lowest BCUT2D eigenvalue weighted by Gasteiger charge is -2.14. The molecule has 0 aliphatic heterocycles. The lowest BCUT2D eigenvalue weighted by Crippen LogP contribution is -2.38. The van der Waals surface area contributed by atoms with Gasteiger partial charge in [-0.3, -0.25) is 0 Å². The van der Waals surface area contributed by atoms with Crippen molar-refractivity contribution in [3.8, 4) is 5.75 Å². The van der Waals surface area contributed by atoms with Gasteiger partial charge in [-0.2, -0.15) is 0 Å². The third kappa shape index (κ3) is 5.92. The minimum Gasteiger partial charge on any atom is -0.496 e. The van der Waals surface area contributed by atoms with Crippen LogP contribution in [0.3, 0.4) is 0 Å². The Kier molecular flexibility index (Phi) is 6.92. The predicted octanol–water partition coefficient (Wildman–Crippen LogP) is 3.77. The summed E-state index contributed by atoms with van der Waals surface area (Å²) in [6, 6.07) is 22.1. The number of guanidine groups is 1. The number of methoxy groups -OCH3 is 1. The summed E-state index contributed by atoms with van der Waals surface area (Å²) in [5.41, 5.74) is 2.25. The van der Waals surface area contributed by atoms with Crippen LogP contribution in [0.5, 0.6) is 5.75 Å². The van der Waals surface area contributed by atoms with Crippen LogP contribution in [0.15, 0.2) is 82.4 Å². The van der Waals surface area contributed by atoms with Crippen molar-refractivity contribution in [2.24, 2.45) is 4.99 Å². The standard InChI is InChI=1S/C22H25N3O2/c1-26-21-12-6-5-10-19(21)17-25-22(23-14-13-20-11-7-15-27-20)24-16-18-8-3-2-4-9-18/h2-12,15H,13-14,16-17H2,1H3,(H2,23,24,25). The maximum Gasteiger partial charge on any atom is 0.191 e. The summed E-state index contributed by atoms with van der Waals surface area (Å²) in [5, 5.41) is 6.76. The van der Waals surface area contributed by atoms with E-state index in [1.807, 2.05) is 54.6 Å². The van der Waals surface area contributed by atoms with Gasteiger partial charge in [0.2, 0.25) is 0 Å². The maximum atomic E-state index is 5.42. The molecule has 3 rings (SSSR count). The molecule has 0 aliphatic rings. The van der Waals surface area contributed by atoms with Gasteiger partial charge in [0.25, 0.3) is 0 Å². The van der Waals surface area contributed by atoms with Gasteiger partial charge in [-0.25, -0.2) is 4.99 Å². The first kappa shape index (κ1) is 18.6. The van der Waals surface area contributed by atoms with Gasteiger partial charge in [0, 0.05) is 25.1 Å². The number of furan rings is 1. The van der Waals surface area contributed by atoms with E-state index in [-0.39, 0.29) is 0 Å². The first-order chi connectivity index (χ1) is 13.3. The Labute approximate surface area is 160 Å². The van der Waals surface area contributed by atoms with E-state index in [0.717, 1.165) is 36.0 Å². The third-order valence-electron chi connectivity index (χ3n) is 4.15. The van der Waals surface area contributed by atoms with Crippen molar-refractivity contribution in [1.29, 1.82) is 0 Å². The average Bonchev–Trinajstić information content (AvgIpc) is 3.24. The smallest absolute Gasteiger partial charge is 0.191 e. The van der Waals surface area contributed by atoms with Gasteiger partial charge in [-0.15, -0.1) is 0 Å². The number of hydrogen-bond donors (Lipinski definition) is 2. The van der Waals surface area contributed by atoms with Gasteiger partial charge < -0.3 is 19.8 Å². The molecule has 1 heterocycles. The third-order valence-corrected chi connectivity index (χ3v) is 4.15. The number of aliphatic imine (C=N–C) groups is 1. The Balaban J connectivity index is 1.62. The van der Waals surface area contributed by atoms with Gasteiger partial charge in [-0.05, 0) is 23.8 Å². The molecule has 0 radical (unpaired) electrons. The van der Waals surface area contributed by atoms with Crippen molar-refractivity contribution in [3.05, 3.63) is 89.9 Å². The topological polar surface area (TPSA) is 58.8 Å². The van der Waals surface area contributed by atoms with Crippen LogP contribution in [0.4, 0.5) is 0 Å². The SMILES string of the molecule is COc1ccccc1CNC(=NCc1ccccc1)NCCc1ccco1. The van der Waals surface area contributed by atoms with Crippen LogP contribution in [0.25, 0.3) is 0 Å². The van der Waals surface area contributed by atoms with Crippen molar-refractivity contribution in [3.63, 3.8) is 0 Å². The lowest BCUT2D eigenvalue weighted by molar-refractivity contribution is 0.409. The highest BCUT2D eigenvalue weighted by molar-refractivity contribution is 5.79. The number of nitrogens with zero attached hydrogens (tertiary/aromatic N) is 1. The molecule has 0 unspecified atom stereocenters.